The Kier molecular flexibility index (Phi) is 2.80. The highest BCUT2D eigenvalue weighted by molar-refractivity contribution is 5.94. The zero-order valence-corrected chi connectivity index (χ0v) is 11.7. The molecule has 5 nitrogen and oxygen atoms in total. The summed E-state index contributed by atoms with van der Waals surface area (Å²) in [7, 11) is 2.21. The van der Waals surface area contributed by atoms with Crippen molar-refractivity contribution in [3.63, 3.8) is 0 Å². The van der Waals surface area contributed by atoms with E-state index in [9.17, 15) is 0 Å². The van der Waals surface area contributed by atoms with E-state index in [2.05, 4.69) is 22.0 Å². The van der Waals surface area contributed by atoms with Gasteiger partial charge in [0.05, 0.1) is 6.54 Å². The molecule has 2 aliphatic rings. The Hall–Kier alpha value is -1.75. The fourth-order valence-corrected chi connectivity index (χ4v) is 3.30. The van der Waals surface area contributed by atoms with Crippen LogP contribution < -0.4 is 9.64 Å². The molecule has 0 N–H and O–H groups in total. The van der Waals surface area contributed by atoms with Crippen LogP contribution in [0.1, 0.15) is 12.8 Å². The van der Waals surface area contributed by atoms with Crippen molar-refractivity contribution < 1.29 is 9.26 Å². The van der Waals surface area contributed by atoms with E-state index >= 15 is 0 Å². The third-order valence-corrected chi connectivity index (χ3v) is 4.46. The molecule has 5 heteroatoms. The van der Waals surface area contributed by atoms with Gasteiger partial charge in [-0.2, -0.15) is 0 Å². The third-order valence-electron chi connectivity index (χ3n) is 4.46. The number of likely N-dealkylation sites (N-methyl/N-ethyl adjacent to an activating group) is 1. The minimum atomic E-state index is 0.604. The number of benzene rings is 1. The minimum absolute atomic E-state index is 0.604. The molecule has 2 aromatic rings. The van der Waals surface area contributed by atoms with Crippen molar-refractivity contribution in [1.29, 1.82) is 0 Å². The van der Waals surface area contributed by atoms with Crippen LogP contribution in [0, 0.1) is 0 Å². The lowest BCUT2D eigenvalue weighted by atomic mass is 10.2. The standard InChI is InChI=1S/C15H19N3O2/c1-17-7-3-4-11(17)10-18-8-9-19-12-5-2-6-13-14(12)15(18)16-20-13/h2,5-6,11H,3-4,7-10H2,1H3/t11-/m0/s1. The van der Waals surface area contributed by atoms with Crippen molar-refractivity contribution in [2.75, 3.05) is 38.2 Å². The molecule has 1 fully saturated rings. The molecule has 0 aliphatic carbocycles. The molecule has 20 heavy (non-hydrogen) atoms. The molecule has 1 atom stereocenters. The lowest BCUT2D eigenvalue weighted by Gasteiger charge is -2.27. The first-order chi connectivity index (χ1) is 9.83. The topological polar surface area (TPSA) is 41.7 Å². The SMILES string of the molecule is CN1CCC[C@H]1CN1CCOc2cccc3onc1c23. The van der Waals surface area contributed by atoms with Gasteiger partial charge in [-0.05, 0) is 38.6 Å². The number of anilines is 1. The monoisotopic (exact) mass is 273 g/mol. The highest BCUT2D eigenvalue weighted by atomic mass is 16.5. The predicted octanol–water partition coefficient (Wildman–Crippen LogP) is 2.12. The molecule has 0 amide bonds. The van der Waals surface area contributed by atoms with Crippen LogP contribution in [0.25, 0.3) is 11.0 Å². The molecule has 0 saturated carbocycles. The molecule has 0 spiro atoms. The normalized spacial score (nSPS) is 23.1. The van der Waals surface area contributed by atoms with Gasteiger partial charge in [-0.3, -0.25) is 0 Å². The van der Waals surface area contributed by atoms with E-state index in [0.717, 1.165) is 35.6 Å². The summed E-state index contributed by atoms with van der Waals surface area (Å²) in [6, 6.07) is 6.50. The third kappa shape index (κ3) is 1.85. The number of ether oxygens (including phenoxy) is 1. The average Bonchev–Trinajstić information content (AvgIpc) is 3.00. The fourth-order valence-electron chi connectivity index (χ4n) is 3.30. The van der Waals surface area contributed by atoms with Crippen LogP contribution in [-0.4, -0.2) is 49.4 Å². The predicted molar refractivity (Wildman–Crippen MR) is 77.4 cm³/mol. The summed E-state index contributed by atoms with van der Waals surface area (Å²) in [5.41, 5.74) is 0.809. The van der Waals surface area contributed by atoms with Gasteiger partial charge in [0, 0.05) is 12.6 Å². The second kappa shape index (κ2) is 4.66. The zero-order chi connectivity index (χ0) is 13.5. The maximum Gasteiger partial charge on any atom is 0.183 e. The molecule has 0 radical (unpaired) electrons. The van der Waals surface area contributed by atoms with Crippen LogP contribution in [-0.2, 0) is 0 Å². The Balaban J connectivity index is 1.70. The van der Waals surface area contributed by atoms with Crippen molar-refractivity contribution in [3.8, 4) is 5.75 Å². The first-order valence-electron chi connectivity index (χ1n) is 7.29. The smallest absolute Gasteiger partial charge is 0.183 e. The summed E-state index contributed by atoms with van der Waals surface area (Å²) in [5, 5.41) is 5.31. The van der Waals surface area contributed by atoms with Crippen molar-refractivity contribution in [1.82, 2.24) is 10.1 Å². The molecule has 1 aromatic heterocycles. The van der Waals surface area contributed by atoms with Crippen molar-refractivity contribution >= 4 is 16.8 Å². The Morgan fingerprint density at radius 1 is 1.35 bits per heavy atom. The fraction of sp³-hybridized carbons (Fsp3) is 0.533. The maximum absolute atomic E-state index is 5.85. The van der Waals surface area contributed by atoms with Crippen LogP contribution in [0.4, 0.5) is 5.82 Å². The van der Waals surface area contributed by atoms with E-state index in [0.29, 0.717) is 12.6 Å². The Morgan fingerprint density at radius 2 is 2.30 bits per heavy atom. The van der Waals surface area contributed by atoms with Crippen LogP contribution in [0.15, 0.2) is 22.7 Å². The number of nitrogens with zero attached hydrogens (tertiary/aromatic N) is 3. The number of hydrogen-bond acceptors (Lipinski definition) is 5. The van der Waals surface area contributed by atoms with Crippen LogP contribution in [0.3, 0.4) is 0 Å². The lowest BCUT2D eigenvalue weighted by molar-refractivity contribution is 0.297. The van der Waals surface area contributed by atoms with Gasteiger partial charge >= 0.3 is 0 Å². The summed E-state index contributed by atoms with van der Waals surface area (Å²) in [6.07, 6.45) is 2.55. The summed E-state index contributed by atoms with van der Waals surface area (Å²) in [5.74, 6) is 1.83. The molecule has 0 unspecified atom stereocenters. The zero-order valence-electron chi connectivity index (χ0n) is 11.7. The minimum Gasteiger partial charge on any atom is -0.491 e. The Morgan fingerprint density at radius 3 is 3.15 bits per heavy atom. The van der Waals surface area contributed by atoms with E-state index in [1.54, 1.807) is 0 Å². The summed E-state index contributed by atoms with van der Waals surface area (Å²) >= 11 is 0. The van der Waals surface area contributed by atoms with Gasteiger partial charge < -0.3 is 19.1 Å². The lowest BCUT2D eigenvalue weighted by Crippen LogP contribution is -2.40. The first kappa shape index (κ1) is 12.0. The van der Waals surface area contributed by atoms with E-state index in [1.165, 1.54) is 19.4 Å². The van der Waals surface area contributed by atoms with Gasteiger partial charge in [0.15, 0.2) is 11.4 Å². The van der Waals surface area contributed by atoms with Gasteiger partial charge in [0.2, 0.25) is 0 Å². The number of rotatable bonds is 2. The van der Waals surface area contributed by atoms with E-state index in [4.69, 9.17) is 9.26 Å². The molecule has 1 aromatic carbocycles. The molecule has 106 valence electrons. The number of likely N-dealkylation sites (tertiary alicyclic amines) is 1. The van der Waals surface area contributed by atoms with E-state index in [1.807, 2.05) is 18.2 Å². The van der Waals surface area contributed by atoms with E-state index in [-0.39, 0.29) is 0 Å². The molecule has 0 bridgehead atoms. The number of hydrogen-bond donors (Lipinski definition) is 0. The van der Waals surface area contributed by atoms with Gasteiger partial charge in [0.1, 0.15) is 17.7 Å². The second-order valence-corrected chi connectivity index (χ2v) is 5.71. The molecule has 2 aliphatic heterocycles. The maximum atomic E-state index is 5.85. The second-order valence-electron chi connectivity index (χ2n) is 5.71. The highest BCUT2D eigenvalue weighted by Crippen LogP contribution is 2.36. The first-order valence-corrected chi connectivity index (χ1v) is 7.29. The van der Waals surface area contributed by atoms with Crippen molar-refractivity contribution in [2.24, 2.45) is 0 Å². The van der Waals surface area contributed by atoms with E-state index < -0.39 is 0 Å². The summed E-state index contributed by atoms with van der Waals surface area (Å²) < 4.78 is 11.3. The molecule has 4 rings (SSSR count). The molecular weight excluding hydrogens is 254 g/mol. The summed E-state index contributed by atoms with van der Waals surface area (Å²) in [4.78, 5) is 4.75. The van der Waals surface area contributed by atoms with Crippen molar-refractivity contribution in [2.45, 2.75) is 18.9 Å². The average molecular weight is 273 g/mol. The van der Waals surface area contributed by atoms with Crippen molar-refractivity contribution in [3.05, 3.63) is 18.2 Å². The Bertz CT molecular complexity index is 625. The van der Waals surface area contributed by atoms with Gasteiger partial charge in [0.25, 0.3) is 0 Å². The summed E-state index contributed by atoms with van der Waals surface area (Å²) in [6.45, 7) is 3.75. The quantitative estimate of drug-likeness (QED) is 0.838. The molecule has 1 saturated heterocycles. The molecular formula is C15H19N3O2. The molecule has 3 heterocycles. The highest BCUT2D eigenvalue weighted by Gasteiger charge is 2.28. The largest absolute Gasteiger partial charge is 0.491 e. The van der Waals surface area contributed by atoms with Gasteiger partial charge in [-0.15, -0.1) is 0 Å². The van der Waals surface area contributed by atoms with Crippen LogP contribution in [0.2, 0.25) is 0 Å². The van der Waals surface area contributed by atoms with Gasteiger partial charge in [-0.1, -0.05) is 11.2 Å². The van der Waals surface area contributed by atoms with Crippen LogP contribution in [0.5, 0.6) is 5.75 Å². The Labute approximate surface area is 118 Å². The number of aromatic nitrogens is 1. The van der Waals surface area contributed by atoms with Crippen LogP contribution >= 0.6 is 0 Å². The van der Waals surface area contributed by atoms with Gasteiger partial charge in [-0.25, -0.2) is 0 Å².